The van der Waals surface area contributed by atoms with Crippen molar-refractivity contribution in [3.8, 4) is 28.4 Å². The van der Waals surface area contributed by atoms with Crippen molar-refractivity contribution in [2.45, 2.75) is 37.6 Å². The molecule has 1 saturated heterocycles. The van der Waals surface area contributed by atoms with Gasteiger partial charge in [-0.2, -0.15) is 0 Å². The molecule has 1 aliphatic rings. The molecule has 0 spiro atoms. The molecule has 0 aliphatic carbocycles. The van der Waals surface area contributed by atoms with E-state index in [9.17, 15) is 30.3 Å². The summed E-state index contributed by atoms with van der Waals surface area (Å²) in [4.78, 5) is 13.0. The number of aromatic hydroxyl groups is 1. The first-order chi connectivity index (χ1) is 15.8. The SMILES string of the molecule is CCOc1cc(O)c2c(=O)c(-c3ccc(O[C@H]4O[C@@H](CO)[C@H](O)[C@@H](O)[C@@H]4O)cc3)coc2c1. The molecule has 10 heteroatoms. The predicted octanol–water partition coefficient (Wildman–Crippen LogP) is 0.743. The molecule has 0 saturated carbocycles. The van der Waals surface area contributed by atoms with Crippen LogP contribution in [0.1, 0.15) is 6.92 Å². The standard InChI is InChI=1S/C23H24O10/c1-2-30-13-7-15(25)18-16(8-13)31-10-14(19(18)26)11-3-5-12(6-4-11)32-23-22(29)21(28)20(27)17(9-24)33-23/h3-8,10,17,20-25,27-29H,2,9H2,1H3/t17-,20-,21+,22-,23-/m0/s1. The molecule has 0 bridgehead atoms. The molecule has 5 N–H and O–H groups in total. The fourth-order valence-electron chi connectivity index (χ4n) is 3.67. The predicted molar refractivity (Wildman–Crippen MR) is 115 cm³/mol. The van der Waals surface area contributed by atoms with Crippen LogP contribution < -0.4 is 14.9 Å². The summed E-state index contributed by atoms with van der Waals surface area (Å²) >= 11 is 0. The van der Waals surface area contributed by atoms with E-state index in [2.05, 4.69) is 0 Å². The zero-order valence-electron chi connectivity index (χ0n) is 17.6. The number of aliphatic hydroxyl groups is 4. The number of hydrogen-bond acceptors (Lipinski definition) is 10. The number of aliphatic hydroxyl groups excluding tert-OH is 4. The molecule has 4 rings (SSSR count). The van der Waals surface area contributed by atoms with Gasteiger partial charge in [0.2, 0.25) is 11.7 Å². The minimum Gasteiger partial charge on any atom is -0.507 e. The summed E-state index contributed by atoms with van der Waals surface area (Å²) < 4.78 is 21.8. The maximum atomic E-state index is 13.0. The van der Waals surface area contributed by atoms with Crippen molar-refractivity contribution in [1.29, 1.82) is 0 Å². The molecule has 10 nitrogen and oxygen atoms in total. The fourth-order valence-corrected chi connectivity index (χ4v) is 3.67. The molecule has 176 valence electrons. The van der Waals surface area contributed by atoms with Crippen LogP contribution in [0.2, 0.25) is 0 Å². The van der Waals surface area contributed by atoms with Crippen LogP contribution in [0, 0.1) is 0 Å². The lowest BCUT2D eigenvalue weighted by Crippen LogP contribution is -2.60. The van der Waals surface area contributed by atoms with Gasteiger partial charge in [-0.1, -0.05) is 12.1 Å². The average Bonchev–Trinajstić information content (AvgIpc) is 2.80. The van der Waals surface area contributed by atoms with E-state index in [1.54, 1.807) is 19.1 Å². The summed E-state index contributed by atoms with van der Waals surface area (Å²) in [6.45, 7) is 1.62. The van der Waals surface area contributed by atoms with Crippen molar-refractivity contribution in [1.82, 2.24) is 0 Å². The number of phenols is 1. The van der Waals surface area contributed by atoms with Gasteiger partial charge in [0.1, 0.15) is 58.9 Å². The minimum absolute atomic E-state index is 0.0256. The van der Waals surface area contributed by atoms with E-state index in [1.807, 2.05) is 0 Å². The molecule has 3 aromatic rings. The van der Waals surface area contributed by atoms with Crippen LogP contribution in [0.25, 0.3) is 22.1 Å². The van der Waals surface area contributed by atoms with Crippen molar-refractivity contribution < 1.29 is 44.2 Å². The van der Waals surface area contributed by atoms with Gasteiger partial charge in [0, 0.05) is 12.1 Å². The maximum absolute atomic E-state index is 13.0. The number of rotatable bonds is 6. The highest BCUT2D eigenvalue weighted by Gasteiger charge is 2.44. The smallest absolute Gasteiger partial charge is 0.229 e. The van der Waals surface area contributed by atoms with Crippen molar-refractivity contribution in [3.63, 3.8) is 0 Å². The van der Waals surface area contributed by atoms with Gasteiger partial charge in [-0.15, -0.1) is 0 Å². The van der Waals surface area contributed by atoms with Gasteiger partial charge in [0.25, 0.3) is 0 Å². The topological polar surface area (TPSA) is 159 Å². The van der Waals surface area contributed by atoms with E-state index < -0.39 is 42.7 Å². The highest BCUT2D eigenvalue weighted by Crippen LogP contribution is 2.31. The van der Waals surface area contributed by atoms with Gasteiger partial charge in [0.05, 0.1) is 18.8 Å². The quantitative estimate of drug-likeness (QED) is 0.355. The molecule has 0 amide bonds. The normalized spacial score (nSPS) is 25.2. The highest BCUT2D eigenvalue weighted by atomic mass is 16.7. The Kier molecular flexibility index (Phi) is 6.54. The van der Waals surface area contributed by atoms with Crippen LogP contribution in [0.4, 0.5) is 0 Å². The summed E-state index contributed by atoms with van der Waals surface area (Å²) in [5.41, 5.74) is 0.454. The minimum atomic E-state index is -1.56. The summed E-state index contributed by atoms with van der Waals surface area (Å²) in [5, 5.41) is 49.5. The van der Waals surface area contributed by atoms with Crippen molar-refractivity contribution in [2.24, 2.45) is 0 Å². The molecule has 0 radical (unpaired) electrons. The molecular formula is C23H24O10. The van der Waals surface area contributed by atoms with Gasteiger partial charge in [-0.05, 0) is 24.6 Å². The molecule has 0 unspecified atom stereocenters. The first-order valence-corrected chi connectivity index (χ1v) is 10.3. The first kappa shape index (κ1) is 23.0. The molecule has 1 aliphatic heterocycles. The first-order valence-electron chi connectivity index (χ1n) is 10.3. The van der Waals surface area contributed by atoms with Gasteiger partial charge >= 0.3 is 0 Å². The fraction of sp³-hybridized carbons (Fsp3) is 0.348. The second kappa shape index (κ2) is 9.38. The van der Waals surface area contributed by atoms with E-state index >= 15 is 0 Å². The van der Waals surface area contributed by atoms with Gasteiger partial charge < -0.3 is 44.2 Å². The Morgan fingerprint density at radius 1 is 1.00 bits per heavy atom. The summed E-state index contributed by atoms with van der Waals surface area (Å²) in [6.07, 6.45) is -5.72. The molecule has 1 aromatic heterocycles. The number of fused-ring (bicyclic) bond motifs is 1. The third-order valence-electron chi connectivity index (χ3n) is 5.41. The van der Waals surface area contributed by atoms with Crippen molar-refractivity contribution in [3.05, 3.63) is 52.9 Å². The second-order valence-corrected chi connectivity index (χ2v) is 7.57. The lowest BCUT2D eigenvalue weighted by Gasteiger charge is -2.39. The largest absolute Gasteiger partial charge is 0.507 e. The van der Waals surface area contributed by atoms with E-state index in [0.717, 1.165) is 0 Å². The number of ether oxygens (including phenoxy) is 3. The Labute approximate surface area is 187 Å². The van der Waals surface area contributed by atoms with Gasteiger partial charge in [-0.3, -0.25) is 4.79 Å². The lowest BCUT2D eigenvalue weighted by molar-refractivity contribution is -0.277. The van der Waals surface area contributed by atoms with Crippen LogP contribution in [-0.2, 0) is 4.74 Å². The maximum Gasteiger partial charge on any atom is 0.229 e. The van der Waals surface area contributed by atoms with Crippen LogP contribution in [0.5, 0.6) is 17.2 Å². The van der Waals surface area contributed by atoms with Crippen LogP contribution in [0.15, 0.2) is 51.9 Å². The number of benzene rings is 2. The van der Waals surface area contributed by atoms with E-state index in [4.69, 9.17) is 18.6 Å². The van der Waals surface area contributed by atoms with Crippen molar-refractivity contribution >= 4 is 11.0 Å². The Balaban J connectivity index is 1.58. The monoisotopic (exact) mass is 460 g/mol. The zero-order valence-corrected chi connectivity index (χ0v) is 17.6. The Bertz CT molecular complexity index is 1170. The van der Waals surface area contributed by atoms with E-state index in [1.165, 1.54) is 30.5 Å². The Hall–Kier alpha value is -3.15. The molecular weight excluding hydrogens is 436 g/mol. The summed E-state index contributed by atoms with van der Waals surface area (Å²) in [5.74, 6) is 0.375. The number of hydrogen-bond donors (Lipinski definition) is 5. The van der Waals surface area contributed by atoms with Gasteiger partial charge in [0.15, 0.2) is 0 Å². The second-order valence-electron chi connectivity index (χ2n) is 7.57. The van der Waals surface area contributed by atoms with E-state index in [-0.39, 0.29) is 28.0 Å². The molecule has 2 heterocycles. The molecule has 1 fully saturated rings. The van der Waals surface area contributed by atoms with Crippen LogP contribution in [-0.4, -0.2) is 69.5 Å². The highest BCUT2D eigenvalue weighted by molar-refractivity contribution is 5.88. The summed E-state index contributed by atoms with van der Waals surface area (Å²) in [7, 11) is 0. The Morgan fingerprint density at radius 3 is 2.39 bits per heavy atom. The third-order valence-corrected chi connectivity index (χ3v) is 5.41. The molecule has 2 aromatic carbocycles. The lowest BCUT2D eigenvalue weighted by atomic mass is 9.99. The van der Waals surface area contributed by atoms with Crippen LogP contribution in [0.3, 0.4) is 0 Å². The molecule has 33 heavy (non-hydrogen) atoms. The summed E-state index contributed by atoms with van der Waals surface area (Å²) in [6, 6.07) is 9.05. The number of phenolic OH excluding ortho intramolecular Hbond substituents is 1. The zero-order chi connectivity index (χ0) is 23.7. The Morgan fingerprint density at radius 2 is 1.73 bits per heavy atom. The van der Waals surface area contributed by atoms with Crippen molar-refractivity contribution in [2.75, 3.05) is 13.2 Å². The molecule has 5 atom stereocenters. The van der Waals surface area contributed by atoms with Gasteiger partial charge in [-0.25, -0.2) is 0 Å². The average molecular weight is 460 g/mol. The van der Waals surface area contributed by atoms with E-state index in [0.29, 0.717) is 17.9 Å². The van der Waals surface area contributed by atoms with Crippen LogP contribution >= 0.6 is 0 Å². The third kappa shape index (κ3) is 4.39.